The Morgan fingerprint density at radius 3 is 2.32 bits per heavy atom. The Balaban J connectivity index is 2.16. The van der Waals surface area contributed by atoms with Crippen LogP contribution in [0.3, 0.4) is 0 Å². The molecule has 0 atom stereocenters. The van der Waals surface area contributed by atoms with Gasteiger partial charge in [-0.15, -0.1) is 0 Å². The van der Waals surface area contributed by atoms with Gasteiger partial charge in [0.15, 0.2) is 0 Å². The number of rotatable bonds is 2. The summed E-state index contributed by atoms with van der Waals surface area (Å²) >= 11 is 0. The molecular weight excluding hydrogens is 281 g/mol. The van der Waals surface area contributed by atoms with Gasteiger partial charge in [-0.3, -0.25) is 0 Å². The molecule has 1 saturated heterocycles. The molecule has 0 amide bonds. The molecule has 1 N–H and O–H groups in total. The fraction of sp³-hybridized carbons (Fsp3) is 0.438. The number of nitrogens with one attached hydrogen (secondary N) is 1. The molecule has 0 radical (unpaired) electrons. The first-order valence-electron chi connectivity index (χ1n) is 7.31. The van der Waals surface area contributed by atoms with E-state index in [1.54, 1.807) is 0 Å². The van der Waals surface area contributed by atoms with Gasteiger partial charge in [-0.05, 0) is 33.8 Å². The Bertz CT molecular complexity index is 719. The number of hydrogen-bond donors (Lipinski definition) is 1. The van der Waals surface area contributed by atoms with Crippen LogP contribution in [0.1, 0.15) is 38.2 Å². The first kappa shape index (κ1) is 15.1. The molecule has 2 heterocycles. The van der Waals surface area contributed by atoms with E-state index in [0.717, 1.165) is 10.9 Å². The van der Waals surface area contributed by atoms with Crippen LogP contribution >= 0.6 is 0 Å². The number of aromatic nitrogens is 1. The van der Waals surface area contributed by atoms with Crippen LogP contribution < -0.4 is 5.46 Å². The van der Waals surface area contributed by atoms with Crippen LogP contribution in [-0.4, -0.2) is 36.4 Å². The van der Waals surface area contributed by atoms with Crippen molar-refractivity contribution in [3.8, 4) is 0 Å². The number of fused-ring (bicyclic) bond motifs is 1. The highest BCUT2D eigenvalue weighted by atomic mass is 16.7. The number of carbonyl (C=O) groups is 1. The molecule has 0 saturated carbocycles. The maximum Gasteiger partial charge on any atom is 0.497 e. The standard InChI is InChI=1S/C16H20BNO4/c1-15(2)16(3,4)22-17(21-15)12-10-8-6-7-9-11(10)18-13(12)14(19)20-5/h6-9,18H,1-5H3. The fourth-order valence-electron chi connectivity index (χ4n) is 2.63. The van der Waals surface area contributed by atoms with Crippen LogP contribution in [0.2, 0.25) is 0 Å². The second-order valence-electron chi connectivity index (χ2n) is 6.54. The van der Waals surface area contributed by atoms with Gasteiger partial charge in [0.25, 0.3) is 0 Å². The molecule has 0 spiro atoms. The topological polar surface area (TPSA) is 60.6 Å². The van der Waals surface area contributed by atoms with Crippen LogP contribution in [0.15, 0.2) is 24.3 Å². The molecule has 6 heteroatoms. The summed E-state index contributed by atoms with van der Waals surface area (Å²) in [6.07, 6.45) is 0. The summed E-state index contributed by atoms with van der Waals surface area (Å²) in [4.78, 5) is 15.2. The predicted octanol–water partition coefficient (Wildman–Crippen LogP) is 2.25. The van der Waals surface area contributed by atoms with Crippen LogP contribution in [0, 0.1) is 0 Å². The zero-order valence-electron chi connectivity index (χ0n) is 13.5. The third-order valence-electron chi connectivity index (χ3n) is 4.62. The van der Waals surface area contributed by atoms with Crippen molar-refractivity contribution in [3.05, 3.63) is 30.0 Å². The summed E-state index contributed by atoms with van der Waals surface area (Å²) in [5, 5.41) is 0.904. The van der Waals surface area contributed by atoms with E-state index in [1.807, 2.05) is 52.0 Å². The highest BCUT2D eigenvalue weighted by Crippen LogP contribution is 2.37. The lowest BCUT2D eigenvalue weighted by Gasteiger charge is -2.32. The molecule has 0 aliphatic carbocycles. The lowest BCUT2D eigenvalue weighted by atomic mass is 9.76. The number of methoxy groups -OCH3 is 1. The van der Waals surface area contributed by atoms with E-state index in [-0.39, 0.29) is 0 Å². The smallest absolute Gasteiger partial charge is 0.464 e. The summed E-state index contributed by atoms with van der Waals surface area (Å²) in [6, 6.07) is 7.69. The van der Waals surface area contributed by atoms with Crippen LogP contribution in [-0.2, 0) is 14.0 Å². The van der Waals surface area contributed by atoms with Gasteiger partial charge < -0.3 is 19.0 Å². The molecule has 1 aromatic heterocycles. The largest absolute Gasteiger partial charge is 0.497 e. The number of ether oxygens (including phenoxy) is 1. The molecule has 0 bridgehead atoms. The van der Waals surface area contributed by atoms with E-state index < -0.39 is 24.3 Å². The van der Waals surface area contributed by atoms with Gasteiger partial charge in [-0.25, -0.2) is 4.79 Å². The summed E-state index contributed by atoms with van der Waals surface area (Å²) < 4.78 is 17.1. The molecule has 5 nitrogen and oxygen atoms in total. The van der Waals surface area contributed by atoms with Crippen molar-refractivity contribution < 1.29 is 18.8 Å². The Labute approximate surface area is 130 Å². The summed E-state index contributed by atoms with van der Waals surface area (Å²) in [5.41, 5.74) is 0.989. The Morgan fingerprint density at radius 1 is 1.14 bits per heavy atom. The SMILES string of the molecule is COC(=O)c1[nH]c2ccccc2c1B1OC(C)(C)C(C)(C)O1. The fourth-order valence-corrected chi connectivity index (χ4v) is 2.63. The highest BCUT2D eigenvalue weighted by molar-refractivity contribution is 6.66. The molecule has 1 aliphatic rings. The van der Waals surface area contributed by atoms with Crippen LogP contribution in [0.5, 0.6) is 0 Å². The molecule has 0 unspecified atom stereocenters. The van der Waals surface area contributed by atoms with Gasteiger partial charge in [0.1, 0.15) is 5.69 Å². The van der Waals surface area contributed by atoms with Crippen molar-refractivity contribution in [1.82, 2.24) is 4.98 Å². The summed E-state index contributed by atoms with van der Waals surface area (Å²) in [6.45, 7) is 7.94. The van der Waals surface area contributed by atoms with E-state index >= 15 is 0 Å². The van der Waals surface area contributed by atoms with Crippen molar-refractivity contribution in [2.75, 3.05) is 7.11 Å². The molecule has 1 fully saturated rings. The van der Waals surface area contributed by atoms with Gasteiger partial charge in [-0.1, -0.05) is 18.2 Å². The number of benzene rings is 1. The van der Waals surface area contributed by atoms with Gasteiger partial charge in [-0.2, -0.15) is 0 Å². The maximum absolute atomic E-state index is 12.1. The average Bonchev–Trinajstić information content (AvgIpc) is 2.93. The second-order valence-corrected chi connectivity index (χ2v) is 6.54. The minimum Gasteiger partial charge on any atom is -0.464 e. The number of hydrogen-bond acceptors (Lipinski definition) is 4. The Hall–Kier alpha value is -1.79. The molecule has 22 heavy (non-hydrogen) atoms. The minimum atomic E-state index is -0.616. The highest BCUT2D eigenvalue weighted by Gasteiger charge is 2.53. The number of carbonyl (C=O) groups excluding carboxylic acids is 1. The van der Waals surface area contributed by atoms with Crippen molar-refractivity contribution in [1.29, 1.82) is 0 Å². The number of aromatic amines is 1. The second kappa shape index (κ2) is 4.86. The first-order valence-corrected chi connectivity index (χ1v) is 7.31. The monoisotopic (exact) mass is 301 g/mol. The quantitative estimate of drug-likeness (QED) is 0.683. The van der Waals surface area contributed by atoms with Gasteiger partial charge >= 0.3 is 13.1 Å². The molecular formula is C16H20BNO4. The van der Waals surface area contributed by atoms with Crippen molar-refractivity contribution in [2.45, 2.75) is 38.9 Å². The number of esters is 1. The predicted molar refractivity (Wildman–Crippen MR) is 85.4 cm³/mol. The normalized spacial score (nSPS) is 19.6. The van der Waals surface area contributed by atoms with Crippen molar-refractivity contribution in [3.63, 3.8) is 0 Å². The molecule has 116 valence electrons. The number of H-pyrrole nitrogens is 1. The summed E-state index contributed by atoms with van der Waals surface area (Å²) in [7, 11) is 0.747. The number of para-hydroxylation sites is 1. The van der Waals surface area contributed by atoms with Crippen LogP contribution in [0.25, 0.3) is 10.9 Å². The lowest BCUT2D eigenvalue weighted by Crippen LogP contribution is -2.41. The average molecular weight is 301 g/mol. The van der Waals surface area contributed by atoms with Gasteiger partial charge in [0.05, 0.1) is 18.3 Å². The molecule has 1 aromatic carbocycles. The zero-order valence-corrected chi connectivity index (χ0v) is 13.5. The molecule has 1 aliphatic heterocycles. The van der Waals surface area contributed by atoms with E-state index in [9.17, 15) is 4.79 Å². The molecule has 3 rings (SSSR count). The third kappa shape index (κ3) is 2.14. The maximum atomic E-state index is 12.1. The van der Waals surface area contributed by atoms with Gasteiger partial charge in [0, 0.05) is 16.4 Å². The van der Waals surface area contributed by atoms with Crippen molar-refractivity contribution in [2.24, 2.45) is 0 Å². The Kier molecular flexibility index (Phi) is 3.34. The summed E-state index contributed by atoms with van der Waals surface area (Å²) in [5.74, 6) is -0.430. The van der Waals surface area contributed by atoms with E-state index in [4.69, 9.17) is 14.0 Å². The van der Waals surface area contributed by atoms with Crippen molar-refractivity contribution >= 4 is 29.5 Å². The third-order valence-corrected chi connectivity index (χ3v) is 4.62. The van der Waals surface area contributed by atoms with E-state index in [1.165, 1.54) is 7.11 Å². The first-order chi connectivity index (χ1) is 10.3. The van der Waals surface area contributed by atoms with Gasteiger partial charge in [0.2, 0.25) is 0 Å². The van der Waals surface area contributed by atoms with E-state index in [0.29, 0.717) is 11.2 Å². The lowest BCUT2D eigenvalue weighted by molar-refractivity contribution is 0.00578. The molecule has 2 aromatic rings. The zero-order chi connectivity index (χ0) is 16.1. The minimum absolute atomic E-state index is 0.377. The van der Waals surface area contributed by atoms with Crippen LogP contribution in [0.4, 0.5) is 0 Å². The van der Waals surface area contributed by atoms with E-state index in [2.05, 4.69) is 4.98 Å². The Morgan fingerprint density at radius 2 is 1.73 bits per heavy atom.